The van der Waals surface area contributed by atoms with Crippen LogP contribution in [-0.2, 0) is 6.54 Å². The molecular formula is C18H15N7O2S. The number of aromatic amines is 1. The molecule has 1 aromatic carbocycles. The van der Waals surface area contributed by atoms with Gasteiger partial charge in [0.1, 0.15) is 11.6 Å². The van der Waals surface area contributed by atoms with Crippen molar-refractivity contribution in [2.24, 2.45) is 0 Å². The molecule has 0 atom stereocenters. The summed E-state index contributed by atoms with van der Waals surface area (Å²) >= 11 is 1.58. The van der Waals surface area contributed by atoms with Crippen LogP contribution in [0.4, 0.5) is 11.5 Å². The van der Waals surface area contributed by atoms with Gasteiger partial charge in [-0.05, 0) is 30.5 Å². The number of thiophene rings is 1. The maximum absolute atomic E-state index is 10.8. The molecule has 0 radical (unpaired) electrons. The number of nitrogens with one attached hydrogen (secondary N) is 2. The maximum atomic E-state index is 10.8. The number of hydrogen-bond acceptors (Lipinski definition) is 8. The maximum Gasteiger partial charge on any atom is 0.269 e. The van der Waals surface area contributed by atoms with E-state index in [-0.39, 0.29) is 5.69 Å². The molecule has 0 aliphatic carbocycles. The Morgan fingerprint density at radius 1 is 1.14 bits per heavy atom. The first-order valence-electron chi connectivity index (χ1n) is 8.38. The van der Waals surface area contributed by atoms with E-state index in [9.17, 15) is 10.1 Å². The lowest BCUT2D eigenvalue weighted by Gasteiger charge is -2.07. The summed E-state index contributed by atoms with van der Waals surface area (Å²) in [5.74, 6) is 2.48. The van der Waals surface area contributed by atoms with E-state index < -0.39 is 4.92 Å². The minimum atomic E-state index is -0.435. The van der Waals surface area contributed by atoms with E-state index in [0.29, 0.717) is 35.4 Å². The van der Waals surface area contributed by atoms with E-state index >= 15 is 0 Å². The van der Waals surface area contributed by atoms with Crippen molar-refractivity contribution in [3.8, 4) is 22.1 Å². The number of H-pyrrole nitrogens is 1. The molecule has 10 heteroatoms. The summed E-state index contributed by atoms with van der Waals surface area (Å²) < 4.78 is 0. The van der Waals surface area contributed by atoms with Gasteiger partial charge in [-0.3, -0.25) is 15.2 Å². The van der Waals surface area contributed by atoms with E-state index in [0.717, 1.165) is 10.6 Å². The molecule has 9 nitrogen and oxygen atoms in total. The van der Waals surface area contributed by atoms with Gasteiger partial charge in [0.15, 0.2) is 11.6 Å². The molecule has 0 saturated carbocycles. The van der Waals surface area contributed by atoms with Gasteiger partial charge >= 0.3 is 0 Å². The Morgan fingerprint density at radius 3 is 2.68 bits per heavy atom. The minimum Gasteiger partial charge on any atom is -0.363 e. The Kier molecular flexibility index (Phi) is 4.77. The number of hydrogen-bond donors (Lipinski definition) is 2. The monoisotopic (exact) mass is 393 g/mol. The number of rotatable bonds is 6. The van der Waals surface area contributed by atoms with Gasteiger partial charge in [-0.15, -0.1) is 11.3 Å². The molecule has 0 aliphatic rings. The third kappa shape index (κ3) is 3.86. The number of anilines is 1. The normalized spacial score (nSPS) is 10.8. The number of nitro groups is 1. The topological polar surface area (TPSA) is 123 Å². The molecule has 2 N–H and O–H groups in total. The molecule has 0 saturated heterocycles. The third-order valence-electron chi connectivity index (χ3n) is 3.90. The molecule has 140 valence electrons. The molecule has 3 heterocycles. The van der Waals surface area contributed by atoms with E-state index in [1.165, 1.54) is 12.1 Å². The summed E-state index contributed by atoms with van der Waals surface area (Å²) in [4.78, 5) is 24.8. The zero-order chi connectivity index (χ0) is 19.5. The second-order valence-corrected chi connectivity index (χ2v) is 6.91. The lowest BCUT2D eigenvalue weighted by Crippen LogP contribution is -2.05. The van der Waals surface area contributed by atoms with Crippen LogP contribution >= 0.6 is 11.3 Å². The molecule has 0 amide bonds. The summed E-state index contributed by atoms with van der Waals surface area (Å²) in [6.07, 6.45) is 0. The van der Waals surface area contributed by atoms with Crippen molar-refractivity contribution < 1.29 is 4.92 Å². The fourth-order valence-corrected chi connectivity index (χ4v) is 3.24. The number of aryl methyl sites for hydroxylation is 1. The summed E-state index contributed by atoms with van der Waals surface area (Å²) in [7, 11) is 0. The van der Waals surface area contributed by atoms with Crippen molar-refractivity contribution in [3.63, 3.8) is 0 Å². The van der Waals surface area contributed by atoms with Gasteiger partial charge in [0, 0.05) is 29.5 Å². The Bertz CT molecular complexity index is 1110. The first-order valence-corrected chi connectivity index (χ1v) is 9.26. The Hall–Kier alpha value is -3.66. The highest BCUT2D eigenvalue weighted by Crippen LogP contribution is 2.22. The van der Waals surface area contributed by atoms with Gasteiger partial charge in [-0.25, -0.2) is 15.0 Å². The second kappa shape index (κ2) is 7.53. The summed E-state index contributed by atoms with van der Waals surface area (Å²) in [6, 6.07) is 11.9. The van der Waals surface area contributed by atoms with Crippen LogP contribution in [0.5, 0.6) is 0 Å². The van der Waals surface area contributed by atoms with Gasteiger partial charge in [0.2, 0.25) is 0 Å². The van der Waals surface area contributed by atoms with Crippen LogP contribution in [0.2, 0.25) is 0 Å². The standard InChI is InChI=1S/C18H15N7O2S/c1-11-9-15(19-10-16-22-18(24-23-16)14-3-2-8-28-14)21-17(20-11)12-4-6-13(7-5-12)25(26)27/h2-9H,10H2,1H3,(H,19,20,21)(H,22,23,24). The quantitative estimate of drug-likeness (QED) is 0.377. The van der Waals surface area contributed by atoms with Gasteiger partial charge in [-0.2, -0.15) is 5.10 Å². The highest BCUT2D eigenvalue weighted by molar-refractivity contribution is 7.13. The Balaban J connectivity index is 1.50. The fourth-order valence-electron chi connectivity index (χ4n) is 2.59. The number of nitrogens with zero attached hydrogens (tertiary/aromatic N) is 5. The first kappa shape index (κ1) is 17.7. The van der Waals surface area contributed by atoms with Crippen LogP contribution in [-0.4, -0.2) is 30.1 Å². The highest BCUT2D eigenvalue weighted by Gasteiger charge is 2.10. The molecule has 4 rings (SSSR count). The number of benzene rings is 1. The van der Waals surface area contributed by atoms with Crippen LogP contribution < -0.4 is 5.32 Å². The molecule has 0 aliphatic heterocycles. The number of aromatic nitrogens is 5. The molecule has 0 bridgehead atoms. The molecule has 0 unspecified atom stereocenters. The summed E-state index contributed by atoms with van der Waals surface area (Å²) in [5.41, 5.74) is 1.52. The largest absolute Gasteiger partial charge is 0.363 e. The van der Waals surface area contributed by atoms with E-state index in [4.69, 9.17) is 0 Å². The van der Waals surface area contributed by atoms with Crippen molar-refractivity contribution in [2.75, 3.05) is 5.32 Å². The Labute approximate surface area is 163 Å². The molecule has 0 spiro atoms. The zero-order valence-corrected chi connectivity index (χ0v) is 15.6. The SMILES string of the molecule is Cc1cc(NCc2nc(-c3cccs3)n[nH]2)nc(-c2ccc([N+](=O)[O-])cc2)n1. The van der Waals surface area contributed by atoms with E-state index in [1.807, 2.05) is 30.5 Å². The number of nitro benzene ring substituents is 1. The minimum absolute atomic E-state index is 0.0293. The fraction of sp³-hybridized carbons (Fsp3) is 0.111. The van der Waals surface area contributed by atoms with E-state index in [2.05, 4.69) is 30.5 Å². The third-order valence-corrected chi connectivity index (χ3v) is 4.77. The smallest absolute Gasteiger partial charge is 0.269 e. The molecule has 28 heavy (non-hydrogen) atoms. The second-order valence-electron chi connectivity index (χ2n) is 5.96. The molecule has 3 aromatic heterocycles. The average molecular weight is 393 g/mol. The van der Waals surface area contributed by atoms with E-state index in [1.54, 1.807) is 23.5 Å². The van der Waals surface area contributed by atoms with Crippen LogP contribution in [0.15, 0.2) is 47.8 Å². The van der Waals surface area contributed by atoms with Crippen LogP contribution in [0.1, 0.15) is 11.5 Å². The van der Waals surface area contributed by atoms with Gasteiger partial charge in [0.25, 0.3) is 5.69 Å². The lowest BCUT2D eigenvalue weighted by atomic mass is 10.2. The zero-order valence-electron chi connectivity index (χ0n) is 14.8. The van der Waals surface area contributed by atoms with Gasteiger partial charge in [0.05, 0.1) is 16.3 Å². The lowest BCUT2D eigenvalue weighted by molar-refractivity contribution is -0.384. The summed E-state index contributed by atoms with van der Waals surface area (Å²) in [6.45, 7) is 2.29. The van der Waals surface area contributed by atoms with Crippen LogP contribution in [0, 0.1) is 17.0 Å². The molecular weight excluding hydrogens is 378 g/mol. The number of non-ortho nitro benzene ring substituents is 1. The van der Waals surface area contributed by atoms with Crippen LogP contribution in [0.3, 0.4) is 0 Å². The van der Waals surface area contributed by atoms with Crippen LogP contribution in [0.25, 0.3) is 22.1 Å². The molecule has 0 fully saturated rings. The average Bonchev–Trinajstić information content (AvgIpc) is 3.37. The first-order chi connectivity index (χ1) is 13.6. The molecule has 4 aromatic rings. The van der Waals surface area contributed by atoms with Crippen molar-refractivity contribution in [2.45, 2.75) is 13.5 Å². The van der Waals surface area contributed by atoms with Crippen molar-refractivity contribution in [1.82, 2.24) is 25.1 Å². The predicted octanol–water partition coefficient (Wildman–Crippen LogP) is 3.82. The van der Waals surface area contributed by atoms with Gasteiger partial charge < -0.3 is 5.32 Å². The highest BCUT2D eigenvalue weighted by atomic mass is 32.1. The van der Waals surface area contributed by atoms with Gasteiger partial charge in [-0.1, -0.05) is 6.07 Å². The van der Waals surface area contributed by atoms with Crippen molar-refractivity contribution >= 4 is 22.8 Å². The van der Waals surface area contributed by atoms with Crippen molar-refractivity contribution in [1.29, 1.82) is 0 Å². The Morgan fingerprint density at radius 2 is 1.96 bits per heavy atom. The summed E-state index contributed by atoms with van der Waals surface area (Å²) in [5, 5.41) is 23.1. The predicted molar refractivity (Wildman–Crippen MR) is 106 cm³/mol. The van der Waals surface area contributed by atoms with Crippen molar-refractivity contribution in [3.05, 3.63) is 69.5 Å².